The first kappa shape index (κ1) is 12.9. The molecule has 0 heterocycles. The zero-order valence-corrected chi connectivity index (χ0v) is 13.3. The van der Waals surface area contributed by atoms with Crippen molar-refractivity contribution in [3.63, 3.8) is 0 Å². The van der Waals surface area contributed by atoms with Gasteiger partial charge in [0.15, 0.2) is 0 Å². The number of benzene rings is 2. The van der Waals surface area contributed by atoms with Gasteiger partial charge in [-0.1, -0.05) is 48.5 Å². The fourth-order valence-electron chi connectivity index (χ4n) is 2.69. The van der Waals surface area contributed by atoms with Crippen LogP contribution >= 0.6 is 22.6 Å². The van der Waals surface area contributed by atoms with Gasteiger partial charge in [0.2, 0.25) is 0 Å². The van der Waals surface area contributed by atoms with Crippen LogP contribution in [0.5, 0.6) is 0 Å². The van der Waals surface area contributed by atoms with Crippen LogP contribution < -0.4 is 0 Å². The maximum atomic E-state index is 4.39. The Hall–Kier alpha value is -1.09. The molecule has 1 fully saturated rings. The van der Waals surface area contributed by atoms with Gasteiger partial charge in [0, 0.05) is 8.99 Å². The molecule has 0 radical (unpaired) electrons. The minimum atomic E-state index is 0.195. The first-order valence-corrected chi connectivity index (χ1v) is 7.72. The lowest BCUT2D eigenvalue weighted by molar-refractivity contribution is 0.917. The van der Waals surface area contributed by atoms with Crippen LogP contribution in [0.15, 0.2) is 55.1 Å². The Balaban J connectivity index is 1.94. The molecule has 2 aromatic carbocycles. The summed E-state index contributed by atoms with van der Waals surface area (Å²) in [6.07, 6.45) is 2.45. The van der Waals surface area contributed by atoms with Gasteiger partial charge in [-0.25, -0.2) is 0 Å². The van der Waals surface area contributed by atoms with Crippen molar-refractivity contribution in [2.24, 2.45) is 0 Å². The molecule has 0 atom stereocenters. The molecule has 0 spiro atoms. The third kappa shape index (κ3) is 2.36. The fraction of sp³-hybridized carbons (Fsp3) is 0.222. The minimum absolute atomic E-state index is 0.195. The van der Waals surface area contributed by atoms with Gasteiger partial charge in [-0.3, -0.25) is 0 Å². The average molecular weight is 360 g/mol. The minimum Gasteiger partial charge on any atom is -0.0943 e. The van der Waals surface area contributed by atoms with E-state index in [9.17, 15) is 0 Å². The summed E-state index contributed by atoms with van der Waals surface area (Å²) in [5.74, 6) is 0. The summed E-state index contributed by atoms with van der Waals surface area (Å²) < 4.78 is 1.27. The maximum absolute atomic E-state index is 4.39. The van der Waals surface area contributed by atoms with Gasteiger partial charge < -0.3 is 0 Å². The lowest BCUT2D eigenvalue weighted by Gasteiger charge is -2.19. The van der Waals surface area contributed by atoms with Crippen LogP contribution in [0.3, 0.4) is 0 Å². The quantitative estimate of drug-likeness (QED) is 0.648. The highest BCUT2D eigenvalue weighted by atomic mass is 127. The van der Waals surface area contributed by atoms with Crippen molar-refractivity contribution in [2.75, 3.05) is 0 Å². The van der Waals surface area contributed by atoms with Gasteiger partial charge in [-0.2, -0.15) is 0 Å². The van der Waals surface area contributed by atoms with Crippen LogP contribution in [0.2, 0.25) is 0 Å². The average Bonchev–Trinajstić information content (AvgIpc) is 3.21. The van der Waals surface area contributed by atoms with Crippen molar-refractivity contribution in [1.29, 1.82) is 0 Å². The van der Waals surface area contributed by atoms with E-state index in [4.69, 9.17) is 0 Å². The Kier molecular flexibility index (Phi) is 3.25. The Bertz CT molecular complexity index is 601. The topological polar surface area (TPSA) is 0 Å². The molecular formula is C18H17I. The molecule has 3 rings (SSSR count). The Morgan fingerprint density at radius 1 is 1.00 bits per heavy atom. The van der Waals surface area contributed by atoms with E-state index in [1.807, 2.05) is 0 Å². The summed E-state index contributed by atoms with van der Waals surface area (Å²) in [6, 6.07) is 17.6. The second-order valence-electron chi connectivity index (χ2n) is 5.43. The highest BCUT2D eigenvalue weighted by Crippen LogP contribution is 2.56. The van der Waals surface area contributed by atoms with E-state index >= 15 is 0 Å². The molecule has 0 saturated heterocycles. The van der Waals surface area contributed by atoms with Crippen molar-refractivity contribution in [3.8, 4) is 0 Å². The summed E-state index contributed by atoms with van der Waals surface area (Å²) in [4.78, 5) is 0. The standard InChI is InChI=1S/C18H17I/c1-13-3-7-16(8-4-13)18(11-12-18)14(2)15-5-9-17(19)10-6-15/h3-10H,2,11-12H2,1H3. The van der Waals surface area contributed by atoms with Crippen LogP contribution in [0.4, 0.5) is 0 Å². The predicted molar refractivity (Wildman–Crippen MR) is 90.3 cm³/mol. The number of aryl methyl sites for hydroxylation is 1. The van der Waals surface area contributed by atoms with Crippen LogP contribution in [-0.4, -0.2) is 0 Å². The number of hydrogen-bond donors (Lipinski definition) is 0. The normalized spacial score (nSPS) is 16.1. The predicted octanol–water partition coefficient (Wildman–Crippen LogP) is 5.34. The van der Waals surface area contributed by atoms with E-state index in [0.29, 0.717) is 0 Å². The molecule has 1 aliphatic carbocycles. The van der Waals surface area contributed by atoms with Crippen molar-refractivity contribution in [1.82, 2.24) is 0 Å². The summed E-state index contributed by atoms with van der Waals surface area (Å²) in [7, 11) is 0. The second kappa shape index (κ2) is 4.78. The van der Waals surface area contributed by atoms with Gasteiger partial charge in [0.1, 0.15) is 0 Å². The summed E-state index contributed by atoms with van der Waals surface area (Å²) in [5.41, 5.74) is 5.48. The van der Waals surface area contributed by atoms with E-state index in [1.54, 1.807) is 0 Å². The van der Waals surface area contributed by atoms with Crippen molar-refractivity contribution in [3.05, 3.63) is 75.4 Å². The molecule has 0 aromatic heterocycles. The zero-order valence-electron chi connectivity index (χ0n) is 11.1. The van der Waals surface area contributed by atoms with Crippen molar-refractivity contribution < 1.29 is 0 Å². The van der Waals surface area contributed by atoms with Gasteiger partial charge in [-0.05, 0) is 71.2 Å². The molecule has 0 nitrogen and oxygen atoms in total. The molecule has 0 bridgehead atoms. The van der Waals surface area contributed by atoms with Gasteiger partial charge in [0.25, 0.3) is 0 Å². The smallest absolute Gasteiger partial charge is 0.0203 e. The molecule has 1 heteroatoms. The van der Waals surface area contributed by atoms with Crippen LogP contribution in [0.1, 0.15) is 29.5 Å². The molecule has 19 heavy (non-hydrogen) atoms. The lowest BCUT2D eigenvalue weighted by atomic mass is 9.84. The van der Waals surface area contributed by atoms with E-state index in [0.717, 1.165) is 0 Å². The summed E-state index contributed by atoms with van der Waals surface area (Å²) in [5, 5.41) is 0. The highest BCUT2D eigenvalue weighted by Gasteiger charge is 2.46. The Morgan fingerprint density at radius 3 is 2.11 bits per heavy atom. The zero-order chi connectivity index (χ0) is 13.5. The Morgan fingerprint density at radius 2 is 1.58 bits per heavy atom. The third-order valence-electron chi connectivity index (χ3n) is 4.12. The molecule has 0 aliphatic heterocycles. The summed E-state index contributed by atoms with van der Waals surface area (Å²) in [6.45, 7) is 6.52. The molecule has 1 aliphatic rings. The molecule has 0 N–H and O–H groups in total. The number of allylic oxidation sites excluding steroid dienone is 1. The molecule has 0 amide bonds. The number of hydrogen-bond acceptors (Lipinski definition) is 0. The molecule has 96 valence electrons. The maximum Gasteiger partial charge on any atom is 0.0203 e. The molecule has 2 aromatic rings. The number of rotatable bonds is 3. The third-order valence-corrected chi connectivity index (χ3v) is 4.84. The lowest BCUT2D eigenvalue weighted by Crippen LogP contribution is -2.08. The summed E-state index contributed by atoms with van der Waals surface area (Å²) >= 11 is 2.34. The molecular weight excluding hydrogens is 343 g/mol. The van der Waals surface area contributed by atoms with Gasteiger partial charge in [-0.15, -0.1) is 0 Å². The van der Waals surface area contributed by atoms with Crippen LogP contribution in [0, 0.1) is 10.5 Å². The highest BCUT2D eigenvalue weighted by molar-refractivity contribution is 14.1. The van der Waals surface area contributed by atoms with Crippen LogP contribution in [-0.2, 0) is 5.41 Å². The van der Waals surface area contributed by atoms with Gasteiger partial charge >= 0.3 is 0 Å². The van der Waals surface area contributed by atoms with E-state index in [-0.39, 0.29) is 5.41 Å². The van der Waals surface area contributed by atoms with Crippen molar-refractivity contribution >= 4 is 28.2 Å². The first-order chi connectivity index (χ1) is 9.12. The van der Waals surface area contributed by atoms with E-state index in [1.165, 1.54) is 38.7 Å². The van der Waals surface area contributed by atoms with Crippen molar-refractivity contribution in [2.45, 2.75) is 25.2 Å². The first-order valence-electron chi connectivity index (χ1n) is 6.64. The SMILES string of the molecule is C=C(c1ccc(I)cc1)C1(c2ccc(C)cc2)CC1. The number of halogens is 1. The Labute approximate surface area is 128 Å². The van der Waals surface area contributed by atoms with Crippen LogP contribution in [0.25, 0.3) is 5.57 Å². The van der Waals surface area contributed by atoms with Gasteiger partial charge in [0.05, 0.1) is 0 Å². The fourth-order valence-corrected chi connectivity index (χ4v) is 3.05. The molecule has 1 saturated carbocycles. The second-order valence-corrected chi connectivity index (χ2v) is 6.68. The van der Waals surface area contributed by atoms with E-state index in [2.05, 4.69) is 84.6 Å². The molecule has 0 unspecified atom stereocenters. The van der Waals surface area contributed by atoms with E-state index < -0.39 is 0 Å². The monoisotopic (exact) mass is 360 g/mol. The largest absolute Gasteiger partial charge is 0.0943 e.